The molecule has 1 aromatic heterocycles. The van der Waals surface area contributed by atoms with Crippen molar-refractivity contribution in [2.75, 3.05) is 18.6 Å². The van der Waals surface area contributed by atoms with Crippen molar-refractivity contribution in [1.82, 2.24) is 14.8 Å². The number of allylic oxidation sites excluding steroid dienone is 2. The van der Waals surface area contributed by atoms with Gasteiger partial charge in [-0.25, -0.2) is 24.3 Å². The molecule has 0 radical (unpaired) electrons. The summed E-state index contributed by atoms with van der Waals surface area (Å²) in [5, 5.41) is 0. The molecule has 11 heteroatoms. The van der Waals surface area contributed by atoms with Crippen LogP contribution in [0.25, 0.3) is 0 Å². The Hall–Kier alpha value is -5.45. The zero-order valence-electron chi connectivity index (χ0n) is 28.8. The van der Waals surface area contributed by atoms with Crippen LogP contribution in [0.2, 0.25) is 0 Å². The SMILES string of the molecule is COc1ccc(CN(C(=O)OC(C)(C)C)c2cc(C[C@H]3C(=O)N(C(=O)N4CCC5=CC=CCC54)[C@@H]3C(=O)OCc3ccccc3)ccn2)cc1. The van der Waals surface area contributed by atoms with Gasteiger partial charge in [-0.1, -0.05) is 60.7 Å². The minimum atomic E-state index is -1.11. The number of imide groups is 1. The van der Waals surface area contributed by atoms with Crippen LogP contribution in [0.1, 0.15) is 50.3 Å². The Morgan fingerprint density at radius 3 is 2.46 bits per heavy atom. The molecule has 0 N–H and O–H groups in total. The number of carbonyl (C=O) groups excluding carboxylic acids is 4. The van der Waals surface area contributed by atoms with Crippen LogP contribution in [0.3, 0.4) is 0 Å². The lowest BCUT2D eigenvalue weighted by atomic mass is 9.82. The van der Waals surface area contributed by atoms with Crippen molar-refractivity contribution in [3.8, 4) is 5.75 Å². The molecule has 4 amide bonds. The Morgan fingerprint density at radius 1 is 0.980 bits per heavy atom. The van der Waals surface area contributed by atoms with E-state index >= 15 is 0 Å². The molecule has 0 saturated carbocycles. The number of methoxy groups -OCH3 is 1. The maximum Gasteiger partial charge on any atom is 0.416 e. The van der Waals surface area contributed by atoms with E-state index < -0.39 is 41.6 Å². The molecule has 2 fully saturated rings. The van der Waals surface area contributed by atoms with Crippen molar-refractivity contribution in [2.24, 2.45) is 5.92 Å². The van der Waals surface area contributed by atoms with Crippen LogP contribution in [-0.2, 0) is 38.6 Å². The molecule has 3 aromatic rings. The largest absolute Gasteiger partial charge is 0.497 e. The fraction of sp³-hybridized carbons (Fsp3) is 0.359. The summed E-state index contributed by atoms with van der Waals surface area (Å²) < 4.78 is 16.7. The molecule has 6 rings (SSSR count). The zero-order valence-corrected chi connectivity index (χ0v) is 28.8. The second-order valence-corrected chi connectivity index (χ2v) is 13.6. The summed E-state index contributed by atoms with van der Waals surface area (Å²) in [5.41, 5.74) is 2.66. The second kappa shape index (κ2) is 14.6. The van der Waals surface area contributed by atoms with Gasteiger partial charge in [0.1, 0.15) is 23.8 Å². The Kier molecular flexibility index (Phi) is 10.0. The first-order valence-electron chi connectivity index (χ1n) is 16.8. The maximum absolute atomic E-state index is 13.9. The maximum atomic E-state index is 13.9. The fourth-order valence-electron chi connectivity index (χ4n) is 6.51. The van der Waals surface area contributed by atoms with E-state index in [-0.39, 0.29) is 25.6 Å². The number of rotatable bonds is 9. The molecular weight excluding hydrogens is 636 g/mol. The molecule has 50 heavy (non-hydrogen) atoms. The number of aromatic nitrogens is 1. The monoisotopic (exact) mass is 678 g/mol. The van der Waals surface area contributed by atoms with E-state index in [1.807, 2.05) is 72.8 Å². The standard InChI is InChI=1S/C39H42N4O7/c1-39(2,3)50-38(47)42(24-26-14-16-30(48-4)17-15-26)33-23-28(18-20-40-33)22-31-34(36(45)49-25-27-10-6-5-7-11-27)43(35(31)44)37(46)41-21-19-29-12-8-9-13-32(29)41/h5-12,14-18,20,23,31-32,34H,13,19,21-22,24-25H2,1-4H3/t31-,32?,34+/m1/s1. The summed E-state index contributed by atoms with van der Waals surface area (Å²) in [5.74, 6) is -0.935. The lowest BCUT2D eigenvalue weighted by Gasteiger charge is -2.46. The minimum absolute atomic E-state index is 0.0126. The van der Waals surface area contributed by atoms with E-state index in [1.165, 1.54) is 4.90 Å². The third kappa shape index (κ3) is 7.56. The quantitative estimate of drug-likeness (QED) is 0.193. The number of β-lactam (4-membered cyclic amide) rings is 1. The number of benzene rings is 2. The molecular formula is C39H42N4O7. The number of amides is 4. The third-order valence-corrected chi connectivity index (χ3v) is 9.04. The lowest BCUT2D eigenvalue weighted by molar-refractivity contribution is -0.171. The molecule has 0 bridgehead atoms. The molecule has 3 aliphatic rings. The summed E-state index contributed by atoms with van der Waals surface area (Å²) in [6.07, 6.45) is 8.49. The number of urea groups is 1. The molecule has 1 unspecified atom stereocenters. The first kappa shape index (κ1) is 34.4. The van der Waals surface area contributed by atoms with Crippen molar-refractivity contribution in [3.63, 3.8) is 0 Å². The Labute approximate surface area is 292 Å². The van der Waals surface area contributed by atoms with Gasteiger partial charge in [0, 0.05) is 12.7 Å². The van der Waals surface area contributed by atoms with Crippen LogP contribution in [-0.4, -0.2) is 70.1 Å². The highest BCUT2D eigenvalue weighted by molar-refractivity contribution is 6.08. The number of hydrogen-bond donors (Lipinski definition) is 0. The van der Waals surface area contributed by atoms with Gasteiger partial charge in [0.05, 0.1) is 25.6 Å². The van der Waals surface area contributed by atoms with Crippen LogP contribution < -0.4 is 9.64 Å². The second-order valence-electron chi connectivity index (χ2n) is 13.6. The van der Waals surface area contributed by atoms with Gasteiger partial charge in [-0.15, -0.1) is 0 Å². The van der Waals surface area contributed by atoms with Gasteiger partial charge in [-0.05, 0) is 86.6 Å². The average molecular weight is 679 g/mol. The number of pyridine rings is 1. The number of hydrogen-bond acceptors (Lipinski definition) is 8. The van der Waals surface area contributed by atoms with Gasteiger partial charge in [0.25, 0.3) is 0 Å². The highest BCUT2D eigenvalue weighted by atomic mass is 16.6. The lowest BCUT2D eigenvalue weighted by Crippen LogP contribution is -2.69. The van der Waals surface area contributed by atoms with E-state index in [4.69, 9.17) is 14.2 Å². The Balaban J connectivity index is 1.25. The number of likely N-dealkylation sites (tertiary alicyclic amines) is 2. The van der Waals surface area contributed by atoms with Crippen LogP contribution in [0.5, 0.6) is 5.75 Å². The minimum Gasteiger partial charge on any atom is -0.497 e. The summed E-state index contributed by atoms with van der Waals surface area (Å²) in [4.78, 5) is 63.6. The fourth-order valence-corrected chi connectivity index (χ4v) is 6.51. The Bertz CT molecular complexity index is 1800. The van der Waals surface area contributed by atoms with Crippen LogP contribution in [0, 0.1) is 5.92 Å². The molecule has 2 aromatic carbocycles. The van der Waals surface area contributed by atoms with Crippen molar-refractivity contribution < 1.29 is 33.4 Å². The van der Waals surface area contributed by atoms with Crippen molar-refractivity contribution in [2.45, 2.75) is 70.9 Å². The number of anilines is 1. The van der Waals surface area contributed by atoms with E-state index in [2.05, 4.69) is 4.98 Å². The van der Waals surface area contributed by atoms with Gasteiger partial charge >= 0.3 is 18.1 Å². The van der Waals surface area contributed by atoms with E-state index in [1.54, 1.807) is 51.1 Å². The molecule has 3 atom stereocenters. The van der Waals surface area contributed by atoms with Gasteiger partial charge in [-0.2, -0.15) is 0 Å². The highest BCUT2D eigenvalue weighted by Gasteiger charge is 2.57. The summed E-state index contributed by atoms with van der Waals surface area (Å²) in [6, 6.07) is 18.3. The average Bonchev–Trinajstić information content (AvgIpc) is 3.55. The summed E-state index contributed by atoms with van der Waals surface area (Å²) >= 11 is 0. The normalized spacial score (nSPS) is 19.6. The Morgan fingerprint density at radius 2 is 1.74 bits per heavy atom. The number of esters is 1. The zero-order chi connectivity index (χ0) is 35.4. The summed E-state index contributed by atoms with van der Waals surface area (Å²) in [6.45, 7) is 6.01. The first-order valence-corrected chi connectivity index (χ1v) is 16.8. The van der Waals surface area contributed by atoms with E-state index in [0.717, 1.165) is 28.0 Å². The van der Waals surface area contributed by atoms with Crippen LogP contribution >= 0.6 is 0 Å². The number of nitrogens with zero attached hydrogens (tertiary/aromatic N) is 4. The predicted molar refractivity (Wildman–Crippen MR) is 186 cm³/mol. The summed E-state index contributed by atoms with van der Waals surface area (Å²) in [7, 11) is 1.58. The van der Waals surface area contributed by atoms with Gasteiger partial charge in [-0.3, -0.25) is 9.69 Å². The number of ether oxygens (including phenoxy) is 3. The third-order valence-electron chi connectivity index (χ3n) is 9.04. The van der Waals surface area contributed by atoms with E-state index in [9.17, 15) is 19.2 Å². The molecule has 2 saturated heterocycles. The highest BCUT2D eigenvalue weighted by Crippen LogP contribution is 2.37. The van der Waals surface area contributed by atoms with Gasteiger partial charge in [0.15, 0.2) is 6.04 Å². The van der Waals surface area contributed by atoms with Crippen molar-refractivity contribution in [1.29, 1.82) is 0 Å². The topological polar surface area (TPSA) is 119 Å². The molecule has 0 spiro atoms. The van der Waals surface area contributed by atoms with E-state index in [0.29, 0.717) is 30.1 Å². The predicted octanol–water partition coefficient (Wildman–Crippen LogP) is 6.23. The number of carbonyl (C=O) groups is 4. The molecule has 3 heterocycles. The molecule has 1 aliphatic carbocycles. The van der Waals surface area contributed by atoms with Crippen LogP contribution in [0.15, 0.2) is 96.7 Å². The van der Waals surface area contributed by atoms with Crippen molar-refractivity contribution in [3.05, 3.63) is 113 Å². The van der Waals surface area contributed by atoms with Crippen molar-refractivity contribution >= 4 is 29.8 Å². The molecule has 2 aliphatic heterocycles. The smallest absolute Gasteiger partial charge is 0.416 e. The first-order chi connectivity index (χ1) is 24.0. The van der Waals surface area contributed by atoms with Gasteiger partial charge in [0.2, 0.25) is 5.91 Å². The van der Waals surface area contributed by atoms with Crippen LogP contribution in [0.4, 0.5) is 15.4 Å². The molecule has 11 nitrogen and oxygen atoms in total. The number of fused-ring (bicyclic) bond motifs is 1. The van der Waals surface area contributed by atoms with Gasteiger partial charge < -0.3 is 19.1 Å². The molecule has 260 valence electrons.